The fourth-order valence-electron chi connectivity index (χ4n) is 1.46. The van der Waals surface area contributed by atoms with E-state index < -0.39 is 5.97 Å². The minimum atomic E-state index is -0.874. The molecule has 0 aromatic carbocycles. The van der Waals surface area contributed by atoms with Crippen LogP contribution in [0, 0.1) is 11.3 Å². The fraction of sp³-hybridized carbons (Fsp3) is 0.727. The third kappa shape index (κ3) is 7.30. The van der Waals surface area contributed by atoms with Crippen LogP contribution >= 0.6 is 0 Å². The smallest absolute Gasteiger partial charge is 0.304 e. The molecule has 96 valence electrons. The maximum atomic E-state index is 11.5. The van der Waals surface area contributed by atoms with Crippen molar-refractivity contribution in [2.75, 3.05) is 19.6 Å². The fourth-order valence-corrected chi connectivity index (χ4v) is 1.46. The van der Waals surface area contributed by atoms with E-state index in [1.54, 1.807) is 11.8 Å². The van der Waals surface area contributed by atoms with Crippen LogP contribution in [0.4, 0.5) is 0 Å². The third-order valence-corrected chi connectivity index (χ3v) is 2.41. The second-order valence-corrected chi connectivity index (χ2v) is 3.77. The van der Waals surface area contributed by atoms with E-state index in [-0.39, 0.29) is 31.3 Å². The average molecular weight is 241 g/mol. The van der Waals surface area contributed by atoms with Crippen LogP contribution in [0.15, 0.2) is 0 Å². The Bertz CT molecular complexity index is 299. The Kier molecular flexibility index (Phi) is 7.72. The lowest BCUT2D eigenvalue weighted by Gasteiger charge is -2.25. The number of hydrogen-bond donors (Lipinski definition) is 2. The van der Waals surface area contributed by atoms with Gasteiger partial charge in [0.05, 0.1) is 25.5 Å². The summed E-state index contributed by atoms with van der Waals surface area (Å²) in [6.45, 7) is 4.76. The Labute approximate surface area is 101 Å². The number of nitriles is 1. The number of carbonyl (C=O) groups is 2. The summed E-state index contributed by atoms with van der Waals surface area (Å²) in [5.41, 5.74) is 0. The number of nitrogens with one attached hydrogen (secondary N) is 1. The predicted octanol–water partition coefficient (Wildman–Crippen LogP) is 0.201. The monoisotopic (exact) mass is 241 g/mol. The van der Waals surface area contributed by atoms with Crippen molar-refractivity contribution in [1.82, 2.24) is 10.2 Å². The average Bonchev–Trinajstić information content (AvgIpc) is 2.25. The van der Waals surface area contributed by atoms with Crippen molar-refractivity contribution in [3.63, 3.8) is 0 Å². The molecule has 0 aliphatic carbocycles. The van der Waals surface area contributed by atoms with Gasteiger partial charge in [0.25, 0.3) is 0 Å². The van der Waals surface area contributed by atoms with Crippen molar-refractivity contribution in [1.29, 1.82) is 5.26 Å². The second kappa shape index (κ2) is 8.53. The molecule has 0 bridgehead atoms. The molecule has 0 heterocycles. The highest BCUT2D eigenvalue weighted by Crippen LogP contribution is 2.03. The third-order valence-electron chi connectivity index (χ3n) is 2.41. The highest BCUT2D eigenvalue weighted by molar-refractivity contribution is 5.78. The van der Waals surface area contributed by atoms with Gasteiger partial charge in [-0.3, -0.25) is 14.5 Å². The molecule has 0 spiro atoms. The van der Waals surface area contributed by atoms with E-state index in [9.17, 15) is 9.59 Å². The van der Waals surface area contributed by atoms with Crippen LogP contribution in [-0.2, 0) is 9.59 Å². The summed E-state index contributed by atoms with van der Waals surface area (Å²) in [6, 6.07) is 1.75. The van der Waals surface area contributed by atoms with Gasteiger partial charge in [0.2, 0.25) is 5.91 Å². The number of likely N-dealkylation sites (N-methyl/N-ethyl adjacent to an activating group) is 1. The first kappa shape index (κ1) is 15.4. The minimum absolute atomic E-state index is 0.0132. The molecule has 0 saturated heterocycles. The number of nitrogens with zero attached hydrogens (tertiary/aromatic N) is 2. The highest BCUT2D eigenvalue weighted by atomic mass is 16.4. The van der Waals surface area contributed by atoms with Gasteiger partial charge < -0.3 is 10.4 Å². The lowest BCUT2D eigenvalue weighted by atomic mass is 10.2. The number of aliphatic carboxylic acids is 1. The molecular weight excluding hydrogens is 222 g/mol. The summed E-state index contributed by atoms with van der Waals surface area (Å²) in [5.74, 6) is -1.06. The Morgan fingerprint density at radius 2 is 2.18 bits per heavy atom. The van der Waals surface area contributed by atoms with Gasteiger partial charge in [-0.15, -0.1) is 0 Å². The van der Waals surface area contributed by atoms with Crippen LogP contribution in [0.2, 0.25) is 0 Å². The summed E-state index contributed by atoms with van der Waals surface area (Å²) >= 11 is 0. The number of carboxylic acid groups (broad SMARTS) is 1. The van der Waals surface area contributed by atoms with E-state index in [0.717, 1.165) is 0 Å². The zero-order valence-corrected chi connectivity index (χ0v) is 10.3. The van der Waals surface area contributed by atoms with Gasteiger partial charge in [-0.05, 0) is 13.5 Å². The van der Waals surface area contributed by atoms with E-state index in [2.05, 4.69) is 5.32 Å². The lowest BCUT2D eigenvalue weighted by molar-refractivity contribution is -0.138. The minimum Gasteiger partial charge on any atom is -0.481 e. The molecule has 0 aromatic rings. The normalized spacial score (nSPS) is 11.9. The molecular formula is C11H19N3O3. The van der Waals surface area contributed by atoms with Crippen LogP contribution in [0.25, 0.3) is 0 Å². The molecule has 6 nitrogen and oxygen atoms in total. The van der Waals surface area contributed by atoms with Gasteiger partial charge in [-0.25, -0.2) is 0 Å². The largest absolute Gasteiger partial charge is 0.481 e. The van der Waals surface area contributed by atoms with Crippen molar-refractivity contribution in [2.45, 2.75) is 32.7 Å². The van der Waals surface area contributed by atoms with E-state index in [1.165, 1.54) is 0 Å². The molecule has 2 N–H and O–H groups in total. The van der Waals surface area contributed by atoms with Crippen molar-refractivity contribution in [3.05, 3.63) is 0 Å². The van der Waals surface area contributed by atoms with Gasteiger partial charge in [0.1, 0.15) is 0 Å². The molecule has 1 unspecified atom stereocenters. The van der Waals surface area contributed by atoms with Crippen molar-refractivity contribution < 1.29 is 14.7 Å². The van der Waals surface area contributed by atoms with Crippen LogP contribution in [0.1, 0.15) is 26.7 Å². The van der Waals surface area contributed by atoms with Crippen LogP contribution in [0.3, 0.4) is 0 Å². The maximum Gasteiger partial charge on any atom is 0.304 e. The van der Waals surface area contributed by atoms with E-state index in [4.69, 9.17) is 10.4 Å². The number of carboxylic acids is 1. The predicted molar refractivity (Wildman–Crippen MR) is 62.2 cm³/mol. The summed E-state index contributed by atoms with van der Waals surface area (Å²) in [6.07, 6.45) is 0.294. The van der Waals surface area contributed by atoms with Gasteiger partial charge in [-0.2, -0.15) is 5.26 Å². The van der Waals surface area contributed by atoms with Gasteiger partial charge >= 0.3 is 5.97 Å². The van der Waals surface area contributed by atoms with Gasteiger partial charge in [-0.1, -0.05) is 6.92 Å². The van der Waals surface area contributed by atoms with Crippen LogP contribution in [0.5, 0.6) is 0 Å². The van der Waals surface area contributed by atoms with E-state index in [1.807, 2.05) is 13.0 Å². The molecule has 1 atom stereocenters. The van der Waals surface area contributed by atoms with Gasteiger partial charge in [0, 0.05) is 12.6 Å². The Morgan fingerprint density at radius 1 is 1.53 bits per heavy atom. The lowest BCUT2D eigenvalue weighted by Crippen LogP contribution is -2.42. The van der Waals surface area contributed by atoms with Crippen LogP contribution in [-0.4, -0.2) is 47.6 Å². The number of rotatable bonds is 8. The second-order valence-electron chi connectivity index (χ2n) is 3.77. The van der Waals surface area contributed by atoms with Crippen LogP contribution < -0.4 is 5.32 Å². The van der Waals surface area contributed by atoms with Gasteiger partial charge in [0.15, 0.2) is 0 Å². The topological polar surface area (TPSA) is 93.4 Å². The molecule has 6 heteroatoms. The molecule has 0 fully saturated rings. The SMILES string of the molecule is CCN(CC(=O)NCCC#N)C(C)CC(=O)O. The Hall–Kier alpha value is -1.61. The van der Waals surface area contributed by atoms with Crippen molar-refractivity contribution in [2.24, 2.45) is 0 Å². The first-order chi connectivity index (χ1) is 8.01. The molecule has 0 radical (unpaired) electrons. The Morgan fingerprint density at radius 3 is 2.65 bits per heavy atom. The Balaban J connectivity index is 4.07. The van der Waals surface area contributed by atoms with E-state index >= 15 is 0 Å². The standard InChI is InChI=1S/C11H19N3O3/c1-3-14(9(2)7-11(16)17)8-10(15)13-6-4-5-12/h9H,3-4,6-8H2,1-2H3,(H,13,15)(H,16,17). The highest BCUT2D eigenvalue weighted by Gasteiger charge is 2.17. The first-order valence-corrected chi connectivity index (χ1v) is 5.60. The summed E-state index contributed by atoms with van der Waals surface area (Å²) in [4.78, 5) is 23.8. The summed E-state index contributed by atoms with van der Waals surface area (Å²) < 4.78 is 0. The molecule has 0 aliphatic rings. The summed E-state index contributed by atoms with van der Waals surface area (Å²) in [7, 11) is 0. The molecule has 0 saturated carbocycles. The molecule has 17 heavy (non-hydrogen) atoms. The maximum absolute atomic E-state index is 11.5. The van der Waals surface area contributed by atoms with E-state index in [0.29, 0.717) is 13.1 Å². The molecule has 0 aromatic heterocycles. The number of carbonyl (C=O) groups excluding carboxylic acids is 1. The quantitative estimate of drug-likeness (QED) is 0.592. The number of hydrogen-bond acceptors (Lipinski definition) is 4. The molecule has 0 rings (SSSR count). The molecule has 0 aliphatic heterocycles. The molecule has 1 amide bonds. The summed E-state index contributed by atoms with van der Waals surface area (Å²) in [5, 5.41) is 19.6. The first-order valence-electron chi connectivity index (χ1n) is 5.60. The van der Waals surface area contributed by atoms with Crippen molar-refractivity contribution >= 4 is 11.9 Å². The van der Waals surface area contributed by atoms with Crippen molar-refractivity contribution in [3.8, 4) is 6.07 Å². The zero-order valence-electron chi connectivity index (χ0n) is 10.3. The number of amides is 1. The zero-order chi connectivity index (χ0) is 13.3.